The monoisotopic (exact) mass is 356 g/mol. The van der Waals surface area contributed by atoms with E-state index >= 15 is 0 Å². The van der Waals surface area contributed by atoms with Crippen LogP contribution in [0.25, 0.3) is 0 Å². The molecule has 26 heavy (non-hydrogen) atoms. The van der Waals surface area contributed by atoms with Crippen molar-refractivity contribution in [2.24, 2.45) is 0 Å². The van der Waals surface area contributed by atoms with E-state index in [4.69, 9.17) is 4.52 Å². The fraction of sp³-hybridized carbons (Fsp3) is 0.421. The third-order valence-electron chi connectivity index (χ3n) is 4.61. The second kappa shape index (κ2) is 8.14. The Morgan fingerprint density at radius 1 is 1.15 bits per heavy atom. The topological polar surface area (TPSA) is 78.7 Å². The van der Waals surface area contributed by atoms with Gasteiger partial charge in [-0.3, -0.25) is 14.5 Å². The van der Waals surface area contributed by atoms with Crippen molar-refractivity contribution in [3.63, 3.8) is 0 Å². The maximum absolute atomic E-state index is 12.3. The molecule has 7 nitrogen and oxygen atoms in total. The highest BCUT2D eigenvalue weighted by molar-refractivity contribution is 5.95. The zero-order valence-corrected chi connectivity index (χ0v) is 15.2. The molecule has 2 heterocycles. The number of nitrogens with zero attached hydrogens (tertiary/aromatic N) is 3. The molecule has 0 aliphatic carbocycles. The number of piperazine rings is 1. The summed E-state index contributed by atoms with van der Waals surface area (Å²) in [5, 5.41) is 6.75. The number of carbonyl (C=O) groups is 2. The van der Waals surface area contributed by atoms with Crippen molar-refractivity contribution in [2.75, 3.05) is 39.3 Å². The number of rotatable bonds is 5. The van der Waals surface area contributed by atoms with Crippen LogP contribution in [0.5, 0.6) is 0 Å². The first kappa shape index (κ1) is 18.1. The second-order valence-electron chi connectivity index (χ2n) is 6.53. The molecule has 0 spiro atoms. The average molecular weight is 356 g/mol. The summed E-state index contributed by atoms with van der Waals surface area (Å²) in [6, 6.07) is 9.22. The Labute approximate surface area is 152 Å². The molecule has 0 atom stereocenters. The van der Waals surface area contributed by atoms with Gasteiger partial charge >= 0.3 is 0 Å². The van der Waals surface area contributed by atoms with Crippen LogP contribution in [-0.2, 0) is 0 Å². The summed E-state index contributed by atoms with van der Waals surface area (Å²) in [5.74, 6) is 0.504. The summed E-state index contributed by atoms with van der Waals surface area (Å²) in [6.07, 6.45) is 0. The first-order valence-electron chi connectivity index (χ1n) is 8.83. The summed E-state index contributed by atoms with van der Waals surface area (Å²) < 4.78 is 4.97. The third kappa shape index (κ3) is 4.29. The van der Waals surface area contributed by atoms with E-state index in [1.54, 1.807) is 17.9 Å². The van der Waals surface area contributed by atoms with Crippen LogP contribution in [-0.4, -0.2) is 66.0 Å². The van der Waals surface area contributed by atoms with Gasteiger partial charge in [0.05, 0.1) is 0 Å². The minimum Gasteiger partial charge on any atom is -0.361 e. The number of benzene rings is 1. The molecule has 0 unspecified atom stereocenters. The SMILES string of the molecule is Cc1cc(C(=O)N2CCN(CCNC(=O)c3ccccc3C)CC2)no1. The van der Waals surface area contributed by atoms with Crippen molar-refractivity contribution >= 4 is 11.8 Å². The Kier molecular flexibility index (Phi) is 5.68. The summed E-state index contributed by atoms with van der Waals surface area (Å²) in [4.78, 5) is 28.6. The smallest absolute Gasteiger partial charge is 0.276 e. The van der Waals surface area contributed by atoms with E-state index in [9.17, 15) is 9.59 Å². The first-order valence-corrected chi connectivity index (χ1v) is 8.83. The fourth-order valence-corrected chi connectivity index (χ4v) is 3.05. The normalized spacial score (nSPS) is 15.1. The van der Waals surface area contributed by atoms with Crippen LogP contribution in [0.15, 0.2) is 34.9 Å². The van der Waals surface area contributed by atoms with Crippen LogP contribution >= 0.6 is 0 Å². The Morgan fingerprint density at radius 2 is 1.88 bits per heavy atom. The molecule has 1 aromatic heterocycles. The zero-order valence-electron chi connectivity index (χ0n) is 15.2. The van der Waals surface area contributed by atoms with Gasteiger partial charge in [-0.25, -0.2) is 0 Å². The molecule has 0 bridgehead atoms. The highest BCUT2D eigenvalue weighted by Crippen LogP contribution is 2.09. The number of hydrogen-bond acceptors (Lipinski definition) is 5. The van der Waals surface area contributed by atoms with Gasteiger partial charge in [0.1, 0.15) is 5.76 Å². The summed E-state index contributed by atoms with van der Waals surface area (Å²) in [6.45, 7) is 7.92. The molecule has 1 aromatic carbocycles. The van der Waals surface area contributed by atoms with Gasteiger partial charge in [0.2, 0.25) is 0 Å². The highest BCUT2D eigenvalue weighted by Gasteiger charge is 2.24. The molecule has 138 valence electrons. The zero-order chi connectivity index (χ0) is 18.5. The molecule has 0 saturated carbocycles. The molecule has 1 N–H and O–H groups in total. The predicted molar refractivity (Wildman–Crippen MR) is 97.1 cm³/mol. The van der Waals surface area contributed by atoms with Crippen molar-refractivity contribution < 1.29 is 14.1 Å². The van der Waals surface area contributed by atoms with Gasteiger partial charge in [-0.1, -0.05) is 23.4 Å². The fourth-order valence-electron chi connectivity index (χ4n) is 3.05. The maximum Gasteiger partial charge on any atom is 0.276 e. The van der Waals surface area contributed by atoms with Crippen LogP contribution in [0.4, 0.5) is 0 Å². The molecule has 2 amide bonds. The minimum atomic E-state index is -0.0886. The van der Waals surface area contributed by atoms with Crippen LogP contribution < -0.4 is 5.32 Å². The number of aromatic nitrogens is 1. The summed E-state index contributed by atoms with van der Waals surface area (Å²) in [7, 11) is 0. The van der Waals surface area contributed by atoms with E-state index < -0.39 is 0 Å². The lowest BCUT2D eigenvalue weighted by atomic mass is 10.1. The van der Waals surface area contributed by atoms with Crippen molar-refractivity contribution in [3.05, 3.63) is 52.9 Å². The lowest BCUT2D eigenvalue weighted by molar-refractivity contribution is 0.0628. The Bertz CT molecular complexity index is 779. The number of hydrogen-bond donors (Lipinski definition) is 1. The highest BCUT2D eigenvalue weighted by atomic mass is 16.5. The van der Waals surface area contributed by atoms with E-state index in [2.05, 4.69) is 15.4 Å². The van der Waals surface area contributed by atoms with E-state index in [0.717, 1.165) is 25.2 Å². The summed E-state index contributed by atoms with van der Waals surface area (Å²) in [5.41, 5.74) is 2.05. The van der Waals surface area contributed by atoms with Crippen molar-refractivity contribution in [3.8, 4) is 0 Å². The summed E-state index contributed by atoms with van der Waals surface area (Å²) >= 11 is 0. The molecule has 2 aromatic rings. The quantitative estimate of drug-likeness (QED) is 0.878. The van der Waals surface area contributed by atoms with Gasteiger partial charge in [-0.15, -0.1) is 0 Å². The van der Waals surface area contributed by atoms with Gasteiger partial charge in [0.15, 0.2) is 5.69 Å². The van der Waals surface area contributed by atoms with Gasteiger partial charge in [-0.2, -0.15) is 0 Å². The minimum absolute atomic E-state index is 0.0432. The van der Waals surface area contributed by atoms with Crippen LogP contribution in [0.1, 0.15) is 32.2 Å². The number of aryl methyl sites for hydroxylation is 2. The molecule has 0 radical (unpaired) electrons. The number of nitrogens with one attached hydrogen (secondary N) is 1. The third-order valence-corrected chi connectivity index (χ3v) is 4.61. The van der Waals surface area contributed by atoms with Crippen LogP contribution in [0.2, 0.25) is 0 Å². The van der Waals surface area contributed by atoms with Crippen molar-refractivity contribution in [1.29, 1.82) is 0 Å². The molecule has 1 aliphatic rings. The number of amides is 2. The van der Waals surface area contributed by atoms with Crippen molar-refractivity contribution in [1.82, 2.24) is 20.3 Å². The molecule has 3 rings (SSSR count). The molecular weight excluding hydrogens is 332 g/mol. The second-order valence-corrected chi connectivity index (χ2v) is 6.53. The largest absolute Gasteiger partial charge is 0.361 e. The van der Waals surface area contributed by atoms with E-state index in [1.807, 2.05) is 31.2 Å². The maximum atomic E-state index is 12.3. The number of carbonyl (C=O) groups excluding carboxylic acids is 2. The lowest BCUT2D eigenvalue weighted by Gasteiger charge is -2.34. The molecule has 1 saturated heterocycles. The molecule has 1 aliphatic heterocycles. The van der Waals surface area contributed by atoms with Gasteiger partial charge in [-0.05, 0) is 25.5 Å². The molecule has 1 fully saturated rings. The average Bonchev–Trinajstić information content (AvgIpc) is 3.08. The first-order chi connectivity index (χ1) is 12.5. The van der Waals surface area contributed by atoms with Gasteiger partial charge in [0, 0.05) is 50.9 Å². The van der Waals surface area contributed by atoms with Gasteiger partial charge in [0.25, 0.3) is 11.8 Å². The Balaban J connectivity index is 1.41. The Hall–Kier alpha value is -2.67. The molecule has 7 heteroatoms. The lowest BCUT2D eigenvalue weighted by Crippen LogP contribution is -2.50. The van der Waals surface area contributed by atoms with E-state index in [-0.39, 0.29) is 11.8 Å². The van der Waals surface area contributed by atoms with E-state index in [0.29, 0.717) is 36.7 Å². The van der Waals surface area contributed by atoms with E-state index in [1.165, 1.54) is 0 Å². The molecular formula is C19H24N4O3. The Morgan fingerprint density at radius 3 is 2.54 bits per heavy atom. The standard InChI is InChI=1S/C19H24N4O3/c1-14-5-3-4-6-16(14)18(24)20-7-8-22-9-11-23(12-10-22)19(25)17-13-15(2)26-21-17/h3-6,13H,7-12H2,1-2H3,(H,20,24). The van der Waals surface area contributed by atoms with Crippen molar-refractivity contribution in [2.45, 2.75) is 13.8 Å². The van der Waals surface area contributed by atoms with Crippen LogP contribution in [0, 0.1) is 13.8 Å². The predicted octanol–water partition coefficient (Wildman–Crippen LogP) is 1.48. The van der Waals surface area contributed by atoms with Crippen LogP contribution in [0.3, 0.4) is 0 Å². The van der Waals surface area contributed by atoms with Gasteiger partial charge < -0.3 is 14.7 Å².